The summed E-state index contributed by atoms with van der Waals surface area (Å²) in [5.74, 6) is -0.124. The molecule has 2 unspecified atom stereocenters. The van der Waals surface area contributed by atoms with E-state index in [0.717, 1.165) is 85.4 Å². The van der Waals surface area contributed by atoms with Gasteiger partial charge < -0.3 is 20.3 Å². The van der Waals surface area contributed by atoms with Gasteiger partial charge in [0.15, 0.2) is 0 Å². The van der Waals surface area contributed by atoms with Crippen LogP contribution in [-0.2, 0) is 9.53 Å². The Labute approximate surface area is 265 Å². The third-order valence-electron chi connectivity index (χ3n) is 10.2. The second-order valence-corrected chi connectivity index (χ2v) is 12.7. The summed E-state index contributed by atoms with van der Waals surface area (Å²) in [7, 11) is 1.41. The molecule has 6 rings (SSSR count). The van der Waals surface area contributed by atoms with E-state index in [2.05, 4.69) is 38.7 Å². The number of aliphatic hydroxyl groups is 2. The van der Waals surface area contributed by atoms with E-state index in [1.54, 1.807) is 6.08 Å². The highest BCUT2D eigenvalue weighted by atomic mass is 16.5. The maximum atomic E-state index is 12.3. The van der Waals surface area contributed by atoms with Gasteiger partial charge in [-0.2, -0.15) is 0 Å². The maximum absolute atomic E-state index is 12.3. The zero-order valence-electron chi connectivity index (χ0n) is 27.2. The van der Waals surface area contributed by atoms with Crippen LogP contribution in [0.1, 0.15) is 67.2 Å². The highest BCUT2D eigenvalue weighted by Crippen LogP contribution is 2.46. The number of carbonyl (C=O) groups is 1. The van der Waals surface area contributed by atoms with Crippen molar-refractivity contribution in [1.29, 1.82) is 0 Å². The predicted octanol–water partition coefficient (Wildman–Crippen LogP) is 6.79. The zero-order chi connectivity index (χ0) is 32.3. The van der Waals surface area contributed by atoms with Crippen LogP contribution in [0.5, 0.6) is 0 Å². The lowest BCUT2D eigenvalue weighted by Crippen LogP contribution is -2.20. The van der Waals surface area contributed by atoms with Crippen LogP contribution >= 0.6 is 0 Å². The van der Waals surface area contributed by atoms with Crippen LogP contribution in [0.4, 0.5) is 0 Å². The zero-order valence-corrected chi connectivity index (χ0v) is 27.2. The molecule has 6 aliphatic rings. The van der Waals surface area contributed by atoms with Crippen molar-refractivity contribution in [1.82, 2.24) is 5.32 Å². The molecular formula is C37H42N4O4. The van der Waals surface area contributed by atoms with Crippen LogP contribution in [0, 0.1) is 17.8 Å². The first-order valence-electron chi connectivity index (χ1n) is 15.8. The summed E-state index contributed by atoms with van der Waals surface area (Å²) in [6, 6.07) is 0. The summed E-state index contributed by atoms with van der Waals surface area (Å²) in [5.41, 5.74) is 13.1. The van der Waals surface area contributed by atoms with Gasteiger partial charge in [0.2, 0.25) is 0 Å². The topological polar surface area (TPSA) is 116 Å². The molecule has 0 radical (unpaired) electrons. The van der Waals surface area contributed by atoms with Crippen LogP contribution in [0.25, 0.3) is 0 Å². The SMILES string of the molecule is C=CC(C)C(O)C1=C(C)C2=NC1=CC1=NC(=CC3=C(C)C4=C(O)CC(=C5NC(=C2)[C@@H](C)[C@@H]5CCC(=O)OC)C4=N3)C(CC)=C1C. The van der Waals surface area contributed by atoms with Crippen molar-refractivity contribution in [2.45, 2.75) is 73.3 Å². The van der Waals surface area contributed by atoms with Gasteiger partial charge in [-0.25, -0.2) is 15.0 Å². The molecule has 3 N–H and O–H groups in total. The van der Waals surface area contributed by atoms with Gasteiger partial charge in [-0.1, -0.05) is 26.8 Å². The molecule has 0 aromatic carbocycles. The lowest BCUT2D eigenvalue weighted by Gasteiger charge is -2.19. The number of nitrogens with one attached hydrogen (secondary N) is 1. The molecule has 8 heteroatoms. The summed E-state index contributed by atoms with van der Waals surface area (Å²) < 4.78 is 4.99. The Bertz CT molecular complexity index is 1780. The number of esters is 1. The second kappa shape index (κ2) is 11.6. The third-order valence-corrected chi connectivity index (χ3v) is 10.2. The number of ether oxygens (including phenoxy) is 1. The Hall–Kier alpha value is -4.30. The second-order valence-electron chi connectivity index (χ2n) is 12.7. The van der Waals surface area contributed by atoms with Crippen molar-refractivity contribution in [2.75, 3.05) is 7.11 Å². The fourth-order valence-corrected chi connectivity index (χ4v) is 7.27. The van der Waals surface area contributed by atoms with E-state index < -0.39 is 6.10 Å². The Morgan fingerprint density at radius 1 is 1.11 bits per heavy atom. The summed E-state index contributed by atoms with van der Waals surface area (Å²) in [6.07, 6.45) is 9.07. The number of hydrogen-bond acceptors (Lipinski definition) is 8. The molecule has 0 spiro atoms. The molecular weight excluding hydrogens is 564 g/mol. The van der Waals surface area contributed by atoms with Gasteiger partial charge in [-0.05, 0) is 74.1 Å². The molecule has 1 saturated heterocycles. The summed E-state index contributed by atoms with van der Waals surface area (Å²) >= 11 is 0. The number of aliphatic hydroxyl groups excluding tert-OH is 2. The van der Waals surface area contributed by atoms with Crippen molar-refractivity contribution in [3.63, 3.8) is 0 Å². The molecule has 0 aromatic heterocycles. The monoisotopic (exact) mass is 606 g/mol. The quantitative estimate of drug-likeness (QED) is 0.218. The lowest BCUT2D eigenvalue weighted by molar-refractivity contribution is -0.140. The minimum Gasteiger partial charge on any atom is -0.511 e. The summed E-state index contributed by atoms with van der Waals surface area (Å²) in [5, 5.41) is 26.4. The van der Waals surface area contributed by atoms with Gasteiger partial charge >= 0.3 is 5.97 Å². The van der Waals surface area contributed by atoms with E-state index >= 15 is 0 Å². The first kappa shape index (κ1) is 30.7. The minimum atomic E-state index is -0.786. The van der Waals surface area contributed by atoms with Gasteiger partial charge in [-0.3, -0.25) is 4.79 Å². The molecule has 45 heavy (non-hydrogen) atoms. The van der Waals surface area contributed by atoms with E-state index in [1.807, 2.05) is 32.9 Å². The number of carbonyl (C=O) groups excluding carboxylic acids is 1. The Morgan fingerprint density at radius 3 is 2.51 bits per heavy atom. The van der Waals surface area contributed by atoms with Crippen molar-refractivity contribution in [3.05, 3.63) is 104 Å². The lowest BCUT2D eigenvalue weighted by atomic mass is 9.86. The van der Waals surface area contributed by atoms with E-state index in [0.29, 0.717) is 24.3 Å². The highest BCUT2D eigenvalue weighted by Gasteiger charge is 2.41. The van der Waals surface area contributed by atoms with Gasteiger partial charge in [0.1, 0.15) is 5.76 Å². The van der Waals surface area contributed by atoms with Crippen LogP contribution in [0.2, 0.25) is 0 Å². The standard InChI is InChI=1S/C37H42N4O4/c1-9-17(3)37(44)33-20(6)27-14-26-19(5)23(11-12-32(43)45-8)35(40-26)24-13-31(42)34-21(7)28(41-36(24)34)15-29-22(10-2)18(4)25(38-29)16-30(33)39-27/h9,14-17,19,23,37,40,42,44H,1,10-13H2,2-8H3/t17?,19-,23-,37?/m0/s1. The Morgan fingerprint density at radius 2 is 1.82 bits per heavy atom. The number of hydrogen-bond donors (Lipinski definition) is 3. The number of fused-ring (bicyclic) bond motifs is 5. The van der Waals surface area contributed by atoms with E-state index in [-0.39, 0.29) is 30.1 Å². The van der Waals surface area contributed by atoms with Crippen molar-refractivity contribution >= 4 is 23.1 Å². The number of methoxy groups -OCH3 is 1. The largest absolute Gasteiger partial charge is 0.511 e. The number of aliphatic imine (C=N–C) groups is 3. The number of allylic oxidation sites excluding steroid dienone is 11. The predicted molar refractivity (Wildman–Crippen MR) is 179 cm³/mol. The highest BCUT2D eigenvalue weighted by molar-refractivity contribution is 6.21. The number of nitrogens with zero attached hydrogens (tertiary/aromatic N) is 3. The average molecular weight is 607 g/mol. The molecule has 0 saturated carbocycles. The molecule has 8 nitrogen and oxygen atoms in total. The third kappa shape index (κ3) is 4.96. The van der Waals surface area contributed by atoms with E-state index in [9.17, 15) is 15.0 Å². The average Bonchev–Trinajstić information content (AvgIpc) is 3.77. The van der Waals surface area contributed by atoms with E-state index in [1.165, 1.54) is 7.11 Å². The van der Waals surface area contributed by atoms with Crippen LogP contribution < -0.4 is 5.32 Å². The number of rotatable bonds is 7. The van der Waals surface area contributed by atoms with Crippen LogP contribution in [0.15, 0.2) is 119 Å². The van der Waals surface area contributed by atoms with Crippen LogP contribution in [0.3, 0.4) is 0 Å². The van der Waals surface area contributed by atoms with Gasteiger partial charge in [0.05, 0.1) is 47.4 Å². The molecule has 1 aliphatic carbocycles. The van der Waals surface area contributed by atoms with Gasteiger partial charge in [0, 0.05) is 58.7 Å². The van der Waals surface area contributed by atoms with E-state index in [4.69, 9.17) is 19.7 Å². The Kier molecular flexibility index (Phi) is 7.89. The Balaban J connectivity index is 1.60. The molecule has 4 atom stereocenters. The molecule has 5 aliphatic heterocycles. The van der Waals surface area contributed by atoms with Crippen LogP contribution in [-0.4, -0.2) is 46.5 Å². The first-order valence-corrected chi connectivity index (χ1v) is 15.8. The minimum absolute atomic E-state index is 0.0235. The molecule has 5 heterocycles. The van der Waals surface area contributed by atoms with Crippen molar-refractivity contribution in [3.8, 4) is 0 Å². The van der Waals surface area contributed by atoms with Crippen molar-refractivity contribution in [2.24, 2.45) is 32.7 Å². The summed E-state index contributed by atoms with van der Waals surface area (Å²) in [6.45, 7) is 16.2. The summed E-state index contributed by atoms with van der Waals surface area (Å²) in [4.78, 5) is 27.5. The van der Waals surface area contributed by atoms with Gasteiger partial charge in [-0.15, -0.1) is 6.58 Å². The molecule has 1 fully saturated rings. The fraction of sp³-hybridized carbons (Fsp3) is 0.405. The van der Waals surface area contributed by atoms with Gasteiger partial charge in [0.25, 0.3) is 0 Å². The molecule has 8 bridgehead atoms. The molecule has 0 amide bonds. The maximum Gasteiger partial charge on any atom is 0.305 e. The fourth-order valence-electron chi connectivity index (χ4n) is 7.27. The van der Waals surface area contributed by atoms with Crippen molar-refractivity contribution < 1.29 is 19.7 Å². The normalized spacial score (nSPS) is 25.2. The smallest absolute Gasteiger partial charge is 0.305 e. The molecule has 0 aromatic rings. The first-order chi connectivity index (χ1) is 21.5. The molecule has 234 valence electrons.